The number of fused-ring (bicyclic) bond motifs is 1. The molecule has 0 bridgehead atoms. The largest absolute Gasteiger partial charge is 0.338 e. The molecule has 0 atom stereocenters. The van der Waals surface area contributed by atoms with E-state index in [-0.39, 0.29) is 6.03 Å². The van der Waals surface area contributed by atoms with Crippen molar-refractivity contribution in [2.24, 2.45) is 0 Å². The van der Waals surface area contributed by atoms with E-state index in [2.05, 4.69) is 26.3 Å². The number of hydrogen-bond donors (Lipinski definition) is 2. The first-order valence-corrected chi connectivity index (χ1v) is 7.33. The Morgan fingerprint density at radius 1 is 1.05 bits per heavy atom. The lowest BCUT2D eigenvalue weighted by Gasteiger charge is -2.08. The van der Waals surface area contributed by atoms with Crippen LogP contribution >= 0.6 is 0 Å². The highest BCUT2D eigenvalue weighted by molar-refractivity contribution is 5.89. The molecule has 1 aromatic heterocycles. The number of nitrogens with zero attached hydrogens (tertiary/aromatic N) is 2. The van der Waals surface area contributed by atoms with E-state index >= 15 is 0 Å². The van der Waals surface area contributed by atoms with Gasteiger partial charge in [-0.25, -0.2) is 9.78 Å². The Bertz CT molecular complexity index is 751. The van der Waals surface area contributed by atoms with Crippen LogP contribution in [-0.4, -0.2) is 22.1 Å². The molecule has 0 saturated carbocycles. The van der Waals surface area contributed by atoms with E-state index in [1.807, 2.05) is 54.9 Å². The van der Waals surface area contributed by atoms with E-state index in [9.17, 15) is 4.79 Å². The number of anilines is 1. The Kier molecular flexibility index (Phi) is 4.34. The molecule has 0 unspecified atom stereocenters. The number of carbonyl (C=O) groups excluding carboxylic acids is 1. The summed E-state index contributed by atoms with van der Waals surface area (Å²) < 4.78 is 2.10. The second kappa shape index (κ2) is 6.76. The fourth-order valence-electron chi connectivity index (χ4n) is 2.34. The summed E-state index contributed by atoms with van der Waals surface area (Å²) >= 11 is 0. The molecule has 2 aromatic carbocycles. The van der Waals surface area contributed by atoms with E-state index in [1.165, 1.54) is 0 Å². The number of para-hydroxylation sites is 3. The summed E-state index contributed by atoms with van der Waals surface area (Å²) in [6.07, 6.45) is 2.69. The van der Waals surface area contributed by atoms with Crippen LogP contribution in [0.25, 0.3) is 11.0 Å². The quantitative estimate of drug-likeness (QED) is 0.710. The molecule has 0 aliphatic heterocycles. The van der Waals surface area contributed by atoms with Crippen LogP contribution in [0.2, 0.25) is 0 Å². The van der Waals surface area contributed by atoms with Gasteiger partial charge >= 0.3 is 6.03 Å². The fraction of sp³-hybridized carbons (Fsp3) is 0.176. The number of amides is 2. The lowest BCUT2D eigenvalue weighted by atomic mass is 10.3. The predicted molar refractivity (Wildman–Crippen MR) is 87.8 cm³/mol. The fourth-order valence-corrected chi connectivity index (χ4v) is 2.34. The molecule has 3 aromatic rings. The first kappa shape index (κ1) is 14.1. The third-order valence-electron chi connectivity index (χ3n) is 3.42. The standard InChI is InChI=1S/C17H18N4O/c22-17(20-14-7-2-1-3-8-14)18-11-6-12-21-13-19-15-9-4-5-10-16(15)21/h1-5,7-10,13H,6,11-12H2,(H2,18,20,22). The van der Waals surface area contributed by atoms with Crippen molar-refractivity contribution in [3.63, 3.8) is 0 Å². The molecule has 0 aliphatic rings. The molecule has 22 heavy (non-hydrogen) atoms. The molecule has 0 fully saturated rings. The third kappa shape index (κ3) is 3.44. The Labute approximate surface area is 129 Å². The second-order valence-corrected chi connectivity index (χ2v) is 5.03. The Balaban J connectivity index is 1.45. The summed E-state index contributed by atoms with van der Waals surface area (Å²) in [4.78, 5) is 16.1. The van der Waals surface area contributed by atoms with Crippen LogP contribution in [-0.2, 0) is 6.54 Å². The first-order valence-electron chi connectivity index (χ1n) is 7.33. The number of aryl methyl sites for hydroxylation is 1. The van der Waals surface area contributed by atoms with E-state index in [4.69, 9.17) is 0 Å². The predicted octanol–water partition coefficient (Wildman–Crippen LogP) is 3.25. The second-order valence-electron chi connectivity index (χ2n) is 5.03. The van der Waals surface area contributed by atoms with Gasteiger partial charge in [-0.15, -0.1) is 0 Å². The van der Waals surface area contributed by atoms with Crippen molar-refractivity contribution in [3.05, 3.63) is 60.9 Å². The average molecular weight is 294 g/mol. The number of benzene rings is 2. The zero-order valence-corrected chi connectivity index (χ0v) is 12.2. The number of nitrogens with one attached hydrogen (secondary N) is 2. The molecule has 1 heterocycles. The minimum Gasteiger partial charge on any atom is -0.338 e. The molecule has 2 amide bonds. The highest BCUT2D eigenvalue weighted by Gasteiger charge is 2.02. The van der Waals surface area contributed by atoms with E-state index < -0.39 is 0 Å². The number of carbonyl (C=O) groups is 1. The summed E-state index contributed by atoms with van der Waals surface area (Å²) in [7, 11) is 0. The van der Waals surface area contributed by atoms with E-state index in [0.717, 1.165) is 29.7 Å². The molecule has 2 N–H and O–H groups in total. The van der Waals surface area contributed by atoms with Gasteiger partial charge in [0.1, 0.15) is 0 Å². The summed E-state index contributed by atoms with van der Waals surface area (Å²) in [5.74, 6) is 0. The summed E-state index contributed by atoms with van der Waals surface area (Å²) in [6, 6.07) is 17.3. The van der Waals surface area contributed by atoms with Crippen LogP contribution in [0.15, 0.2) is 60.9 Å². The Morgan fingerprint density at radius 2 is 1.82 bits per heavy atom. The van der Waals surface area contributed by atoms with Gasteiger partial charge in [0.05, 0.1) is 17.4 Å². The van der Waals surface area contributed by atoms with Gasteiger partial charge in [-0.05, 0) is 30.7 Å². The van der Waals surface area contributed by atoms with Crippen LogP contribution < -0.4 is 10.6 Å². The molecule has 5 heteroatoms. The minimum absolute atomic E-state index is 0.179. The third-order valence-corrected chi connectivity index (χ3v) is 3.42. The van der Waals surface area contributed by atoms with Crippen LogP contribution in [0, 0.1) is 0 Å². The van der Waals surface area contributed by atoms with Gasteiger partial charge < -0.3 is 15.2 Å². The van der Waals surface area contributed by atoms with Crippen molar-refractivity contribution in [1.82, 2.24) is 14.9 Å². The van der Waals surface area contributed by atoms with Gasteiger partial charge in [-0.1, -0.05) is 30.3 Å². The lowest BCUT2D eigenvalue weighted by molar-refractivity contribution is 0.252. The van der Waals surface area contributed by atoms with Gasteiger partial charge in [-0.3, -0.25) is 0 Å². The number of aromatic nitrogens is 2. The minimum atomic E-state index is -0.179. The zero-order chi connectivity index (χ0) is 15.2. The zero-order valence-electron chi connectivity index (χ0n) is 12.2. The number of imidazole rings is 1. The topological polar surface area (TPSA) is 59.0 Å². The van der Waals surface area contributed by atoms with E-state index in [0.29, 0.717) is 6.54 Å². The summed E-state index contributed by atoms with van der Waals surface area (Å²) in [6.45, 7) is 1.44. The van der Waals surface area contributed by atoms with Crippen molar-refractivity contribution in [1.29, 1.82) is 0 Å². The molecule has 5 nitrogen and oxygen atoms in total. The van der Waals surface area contributed by atoms with Crippen LogP contribution in [0.1, 0.15) is 6.42 Å². The Morgan fingerprint density at radius 3 is 2.68 bits per heavy atom. The normalized spacial score (nSPS) is 10.5. The number of hydrogen-bond acceptors (Lipinski definition) is 2. The van der Waals surface area contributed by atoms with Crippen LogP contribution in [0.3, 0.4) is 0 Å². The van der Waals surface area contributed by atoms with Gasteiger partial charge in [0, 0.05) is 18.8 Å². The smallest absolute Gasteiger partial charge is 0.319 e. The molecule has 112 valence electrons. The van der Waals surface area contributed by atoms with Gasteiger partial charge in [0.15, 0.2) is 0 Å². The maximum Gasteiger partial charge on any atom is 0.319 e. The summed E-state index contributed by atoms with van der Waals surface area (Å²) in [5, 5.41) is 5.65. The van der Waals surface area contributed by atoms with Gasteiger partial charge in [0.2, 0.25) is 0 Å². The molecular formula is C17H18N4O. The SMILES string of the molecule is O=C(NCCCn1cnc2ccccc21)Nc1ccccc1. The van der Waals surface area contributed by atoms with Crippen LogP contribution in [0.5, 0.6) is 0 Å². The highest BCUT2D eigenvalue weighted by Crippen LogP contribution is 2.11. The molecular weight excluding hydrogens is 276 g/mol. The van der Waals surface area contributed by atoms with E-state index in [1.54, 1.807) is 0 Å². The number of rotatable bonds is 5. The molecule has 0 radical (unpaired) electrons. The highest BCUT2D eigenvalue weighted by atomic mass is 16.2. The maximum absolute atomic E-state index is 11.7. The molecule has 0 aliphatic carbocycles. The van der Waals surface area contributed by atoms with Crippen LogP contribution in [0.4, 0.5) is 10.5 Å². The van der Waals surface area contributed by atoms with Gasteiger partial charge in [-0.2, -0.15) is 0 Å². The first-order chi connectivity index (χ1) is 10.8. The Hall–Kier alpha value is -2.82. The molecule has 0 saturated heterocycles. The number of urea groups is 1. The van der Waals surface area contributed by atoms with Crippen molar-refractivity contribution >= 4 is 22.8 Å². The monoisotopic (exact) mass is 294 g/mol. The maximum atomic E-state index is 11.7. The van der Waals surface area contributed by atoms with Crippen molar-refractivity contribution < 1.29 is 4.79 Å². The van der Waals surface area contributed by atoms with Crippen molar-refractivity contribution in [2.75, 3.05) is 11.9 Å². The lowest BCUT2D eigenvalue weighted by Crippen LogP contribution is -2.30. The molecule has 3 rings (SSSR count). The summed E-state index contributed by atoms with van der Waals surface area (Å²) in [5.41, 5.74) is 2.91. The average Bonchev–Trinajstić information content (AvgIpc) is 2.96. The van der Waals surface area contributed by atoms with Crippen molar-refractivity contribution in [3.8, 4) is 0 Å². The van der Waals surface area contributed by atoms with Crippen molar-refractivity contribution in [2.45, 2.75) is 13.0 Å². The molecule has 0 spiro atoms. The van der Waals surface area contributed by atoms with Gasteiger partial charge in [0.25, 0.3) is 0 Å².